The van der Waals surface area contributed by atoms with Gasteiger partial charge in [0.2, 0.25) is 0 Å². The van der Waals surface area contributed by atoms with Crippen molar-refractivity contribution >= 4 is 17.9 Å². The van der Waals surface area contributed by atoms with E-state index in [-0.39, 0.29) is 45.5 Å². The van der Waals surface area contributed by atoms with Crippen LogP contribution in [0.2, 0.25) is 0 Å². The highest BCUT2D eigenvalue weighted by Gasteiger charge is 2.71. The van der Waals surface area contributed by atoms with Gasteiger partial charge in [-0.25, -0.2) is 0 Å². The molecule has 230 valence electrons. The molecule has 0 bridgehead atoms. The van der Waals surface area contributed by atoms with Gasteiger partial charge in [0.15, 0.2) is 0 Å². The highest BCUT2D eigenvalue weighted by molar-refractivity contribution is 5.78. The van der Waals surface area contributed by atoms with E-state index in [0.717, 1.165) is 44.9 Å². The van der Waals surface area contributed by atoms with Crippen molar-refractivity contribution in [3.8, 4) is 0 Å². The average molecular weight is 571 g/mol. The molecule has 6 heteroatoms. The van der Waals surface area contributed by atoms with E-state index in [0.29, 0.717) is 30.1 Å². The van der Waals surface area contributed by atoms with E-state index in [4.69, 9.17) is 14.2 Å². The zero-order valence-electron chi connectivity index (χ0n) is 27.2. The monoisotopic (exact) mass is 570 g/mol. The first-order valence-corrected chi connectivity index (χ1v) is 16.1. The van der Waals surface area contributed by atoms with Crippen LogP contribution >= 0.6 is 0 Å². The predicted octanol–water partition coefficient (Wildman–Crippen LogP) is 7.29. The Balaban J connectivity index is 1.60. The molecule has 4 fully saturated rings. The molecule has 0 aliphatic heterocycles. The third kappa shape index (κ3) is 4.11. The van der Waals surface area contributed by atoms with Crippen LogP contribution in [0.5, 0.6) is 0 Å². The summed E-state index contributed by atoms with van der Waals surface area (Å²) >= 11 is 0. The molecule has 6 nitrogen and oxygen atoms in total. The number of methoxy groups -OCH3 is 1. The standard InChI is InChI=1S/C35H54O6/c1-20-13-16-35(30(38)39-10)18-17-33(8)24(28(35)21(20)2)11-12-27-32(7)19-25(40-22(3)36)29(41-23(4)37)31(5,6)26(32)14-15-34(27,33)9/h11,20-21,25-29H,12-19H2,1-10H3/t20-,21+,25-,26+,27-,28+,29-,32+,33-,34-,35+/m1/s1. The molecule has 0 N–H and O–H groups in total. The van der Waals surface area contributed by atoms with Gasteiger partial charge in [0, 0.05) is 19.3 Å². The van der Waals surface area contributed by atoms with Crippen molar-refractivity contribution in [3.05, 3.63) is 11.6 Å². The Bertz CT molecular complexity index is 1140. The lowest BCUT2D eigenvalue weighted by Gasteiger charge is -2.71. The van der Waals surface area contributed by atoms with Gasteiger partial charge in [-0.15, -0.1) is 0 Å². The van der Waals surface area contributed by atoms with E-state index in [1.165, 1.54) is 19.4 Å². The van der Waals surface area contributed by atoms with E-state index in [1.807, 2.05) is 0 Å². The topological polar surface area (TPSA) is 78.9 Å². The minimum absolute atomic E-state index is 0.0121. The third-order valence-electron chi connectivity index (χ3n) is 14.1. The lowest BCUT2D eigenvalue weighted by atomic mass is 9.33. The largest absolute Gasteiger partial charge is 0.469 e. The summed E-state index contributed by atoms with van der Waals surface area (Å²) in [5.41, 5.74) is 0.673. The van der Waals surface area contributed by atoms with Crippen LogP contribution in [0.1, 0.15) is 114 Å². The molecular formula is C35H54O6. The van der Waals surface area contributed by atoms with Crippen molar-refractivity contribution in [2.75, 3.05) is 7.11 Å². The van der Waals surface area contributed by atoms with Crippen LogP contribution in [-0.2, 0) is 28.6 Å². The van der Waals surface area contributed by atoms with Gasteiger partial charge in [-0.2, -0.15) is 0 Å². The lowest BCUT2D eigenvalue weighted by molar-refractivity contribution is -0.244. The number of fused-ring (bicyclic) bond motifs is 7. The van der Waals surface area contributed by atoms with E-state index in [9.17, 15) is 14.4 Å². The molecule has 0 amide bonds. The normalized spacial score (nSPS) is 48.2. The Morgan fingerprint density at radius 1 is 0.854 bits per heavy atom. The van der Waals surface area contributed by atoms with Crippen molar-refractivity contribution in [1.29, 1.82) is 0 Å². The SMILES string of the molecule is COC(=O)[C@]12CC[C@@H](C)[C@H](C)[C@H]1C1=CC[C@@H]3[C@@]4(C)C[C@@H](OC(C)=O)[C@@H](OC(C)=O)C(C)(C)[C@@H]4CC[C@@]3(C)[C@]1(C)CC2. The maximum absolute atomic E-state index is 13.5. The molecule has 11 atom stereocenters. The van der Waals surface area contributed by atoms with E-state index in [2.05, 4.69) is 54.5 Å². The summed E-state index contributed by atoms with van der Waals surface area (Å²) in [6.45, 7) is 19.5. The first-order valence-electron chi connectivity index (χ1n) is 16.1. The number of carbonyl (C=O) groups is 3. The molecule has 0 aromatic heterocycles. The summed E-state index contributed by atoms with van der Waals surface area (Å²) < 4.78 is 17.4. The molecule has 0 aromatic carbocycles. The zero-order chi connectivity index (χ0) is 30.3. The molecule has 0 saturated heterocycles. The first kappa shape index (κ1) is 30.6. The second-order valence-corrected chi connectivity index (χ2v) is 16.0. The molecule has 0 spiro atoms. The highest BCUT2D eigenvalue weighted by atomic mass is 16.6. The number of ether oxygens (including phenoxy) is 3. The van der Waals surface area contributed by atoms with Crippen LogP contribution in [0.15, 0.2) is 11.6 Å². The van der Waals surface area contributed by atoms with Crippen molar-refractivity contribution < 1.29 is 28.6 Å². The molecular weight excluding hydrogens is 516 g/mol. The fraction of sp³-hybridized carbons (Fsp3) is 0.857. The van der Waals surface area contributed by atoms with Crippen molar-refractivity contribution in [2.45, 2.75) is 126 Å². The number of carbonyl (C=O) groups excluding carboxylic acids is 3. The summed E-state index contributed by atoms with van der Waals surface area (Å²) in [6.07, 6.45) is 9.28. The molecule has 0 radical (unpaired) electrons. The Morgan fingerprint density at radius 3 is 2.12 bits per heavy atom. The summed E-state index contributed by atoms with van der Waals surface area (Å²) in [5, 5.41) is 0. The average Bonchev–Trinajstić information content (AvgIpc) is 2.87. The first-order chi connectivity index (χ1) is 19.0. The van der Waals surface area contributed by atoms with Gasteiger partial charge >= 0.3 is 17.9 Å². The minimum atomic E-state index is -0.467. The summed E-state index contributed by atoms with van der Waals surface area (Å²) in [7, 11) is 1.56. The van der Waals surface area contributed by atoms with Crippen molar-refractivity contribution in [3.63, 3.8) is 0 Å². The Kier molecular flexibility index (Phi) is 7.34. The van der Waals surface area contributed by atoms with Gasteiger partial charge in [0.05, 0.1) is 12.5 Å². The fourth-order valence-electron chi connectivity index (χ4n) is 11.9. The lowest BCUT2D eigenvalue weighted by Crippen LogP contribution is -2.68. The molecule has 4 saturated carbocycles. The second kappa shape index (κ2) is 9.84. The van der Waals surface area contributed by atoms with Gasteiger partial charge in [-0.05, 0) is 97.2 Å². The number of esters is 3. The number of hydrogen-bond acceptors (Lipinski definition) is 6. The van der Waals surface area contributed by atoms with E-state index < -0.39 is 17.6 Å². The smallest absolute Gasteiger partial charge is 0.312 e. The Hall–Kier alpha value is -1.85. The molecule has 0 unspecified atom stereocenters. The quantitative estimate of drug-likeness (QED) is 0.201. The fourth-order valence-corrected chi connectivity index (χ4v) is 11.9. The van der Waals surface area contributed by atoms with Crippen LogP contribution in [-0.4, -0.2) is 37.2 Å². The number of hydrogen-bond donors (Lipinski definition) is 0. The van der Waals surface area contributed by atoms with Crippen LogP contribution in [0.3, 0.4) is 0 Å². The molecule has 0 heterocycles. The maximum Gasteiger partial charge on any atom is 0.312 e. The molecule has 5 aliphatic carbocycles. The van der Waals surface area contributed by atoms with Crippen molar-refractivity contribution in [1.82, 2.24) is 0 Å². The van der Waals surface area contributed by atoms with Crippen LogP contribution in [0.4, 0.5) is 0 Å². The minimum Gasteiger partial charge on any atom is -0.469 e. The summed E-state index contributed by atoms with van der Waals surface area (Å²) in [6, 6.07) is 0. The van der Waals surface area contributed by atoms with Gasteiger partial charge in [0.1, 0.15) is 12.2 Å². The molecule has 5 aliphatic rings. The third-order valence-corrected chi connectivity index (χ3v) is 14.1. The predicted molar refractivity (Wildman–Crippen MR) is 157 cm³/mol. The van der Waals surface area contributed by atoms with Crippen LogP contribution < -0.4 is 0 Å². The van der Waals surface area contributed by atoms with Gasteiger partial charge < -0.3 is 14.2 Å². The number of allylic oxidation sites excluding steroid dienone is 2. The summed E-state index contributed by atoms with van der Waals surface area (Å²) in [5.74, 6) is 1.26. The second-order valence-electron chi connectivity index (χ2n) is 16.0. The summed E-state index contributed by atoms with van der Waals surface area (Å²) in [4.78, 5) is 38.0. The van der Waals surface area contributed by atoms with Crippen molar-refractivity contribution in [2.24, 2.45) is 56.7 Å². The number of rotatable bonds is 3. The van der Waals surface area contributed by atoms with E-state index in [1.54, 1.807) is 7.11 Å². The van der Waals surface area contributed by atoms with E-state index >= 15 is 0 Å². The Labute approximate surface area is 247 Å². The highest BCUT2D eigenvalue weighted by Crippen LogP contribution is 2.76. The maximum atomic E-state index is 13.5. The van der Waals surface area contributed by atoms with Crippen LogP contribution in [0, 0.1) is 56.7 Å². The van der Waals surface area contributed by atoms with Gasteiger partial charge in [0.25, 0.3) is 0 Å². The zero-order valence-corrected chi connectivity index (χ0v) is 27.2. The molecule has 5 rings (SSSR count). The van der Waals surface area contributed by atoms with Gasteiger partial charge in [-0.1, -0.05) is 60.1 Å². The molecule has 0 aromatic rings. The molecule has 41 heavy (non-hydrogen) atoms. The van der Waals surface area contributed by atoms with Crippen LogP contribution in [0.25, 0.3) is 0 Å². The van der Waals surface area contributed by atoms with Gasteiger partial charge in [-0.3, -0.25) is 14.4 Å². The Morgan fingerprint density at radius 2 is 1.51 bits per heavy atom.